The van der Waals surface area contributed by atoms with E-state index in [-0.39, 0.29) is 23.2 Å². The van der Waals surface area contributed by atoms with Gasteiger partial charge in [-0.15, -0.1) is 10.2 Å². The van der Waals surface area contributed by atoms with Crippen molar-refractivity contribution in [3.63, 3.8) is 0 Å². The van der Waals surface area contributed by atoms with Gasteiger partial charge in [0.1, 0.15) is 6.54 Å². The maximum absolute atomic E-state index is 12.8. The molecule has 0 saturated carbocycles. The lowest BCUT2D eigenvalue weighted by atomic mass is 10.2. The largest absolute Gasteiger partial charge is 0.406 e. The Balaban J connectivity index is 2.30. The van der Waals surface area contributed by atoms with Crippen LogP contribution in [0.4, 0.5) is 13.2 Å². The van der Waals surface area contributed by atoms with Gasteiger partial charge in [0.05, 0.1) is 0 Å². The average Bonchev–Trinajstić information content (AvgIpc) is 2.80. The summed E-state index contributed by atoms with van der Waals surface area (Å²) >= 11 is 1.00. The molecular weight excluding hydrogens is 319 g/mol. The lowest BCUT2D eigenvalue weighted by Gasteiger charge is -2.12. The van der Waals surface area contributed by atoms with E-state index >= 15 is 0 Å². The molecule has 1 amide bonds. The number of carbonyl (C=O) groups excluding carboxylic acids is 1. The Labute approximate surface area is 127 Å². The van der Waals surface area contributed by atoms with Crippen LogP contribution in [0.5, 0.6) is 0 Å². The Hall–Kier alpha value is -2.10. The predicted octanol–water partition coefficient (Wildman–Crippen LogP) is 1.87. The number of halogens is 3. The zero-order chi connectivity index (χ0) is 16.2. The van der Waals surface area contributed by atoms with Gasteiger partial charge in [0.15, 0.2) is 11.0 Å². The zero-order valence-electron chi connectivity index (χ0n) is 11.2. The Morgan fingerprint density at radius 2 is 1.95 bits per heavy atom. The van der Waals surface area contributed by atoms with Gasteiger partial charge in [0, 0.05) is 30.1 Å². The van der Waals surface area contributed by atoms with E-state index in [1.54, 1.807) is 12.1 Å². The monoisotopic (exact) mass is 331 g/mol. The molecule has 0 saturated heterocycles. The number of rotatable bonds is 6. The average molecular weight is 331 g/mol. The third kappa shape index (κ3) is 4.45. The van der Waals surface area contributed by atoms with E-state index in [1.807, 2.05) is 0 Å². The highest BCUT2D eigenvalue weighted by Crippen LogP contribution is 2.28. The van der Waals surface area contributed by atoms with Gasteiger partial charge in [-0.1, -0.05) is 11.8 Å². The lowest BCUT2D eigenvalue weighted by molar-refractivity contribution is -0.141. The molecule has 0 aliphatic rings. The van der Waals surface area contributed by atoms with Crippen molar-refractivity contribution in [1.82, 2.24) is 19.7 Å². The topological polar surface area (TPSA) is 86.7 Å². The standard InChI is InChI=1S/C12H12F3N5OS/c13-12(14,15)7-20-10(8-1-4-17-5-2-8)18-19-11(20)22-6-3-9(16)21/h1-2,4-5H,3,6-7H2,(H2,16,21). The van der Waals surface area contributed by atoms with Gasteiger partial charge in [-0.05, 0) is 12.1 Å². The third-order valence-corrected chi connectivity index (χ3v) is 3.54. The fourth-order valence-electron chi connectivity index (χ4n) is 1.67. The summed E-state index contributed by atoms with van der Waals surface area (Å²) in [6, 6.07) is 3.10. The van der Waals surface area contributed by atoms with Crippen molar-refractivity contribution in [2.75, 3.05) is 5.75 Å². The van der Waals surface area contributed by atoms with Crippen molar-refractivity contribution in [3.05, 3.63) is 24.5 Å². The SMILES string of the molecule is NC(=O)CCSc1nnc(-c2ccncc2)n1CC(F)(F)F. The van der Waals surface area contributed by atoms with E-state index in [0.29, 0.717) is 5.56 Å². The fourth-order valence-corrected chi connectivity index (χ4v) is 2.57. The molecular formula is C12H12F3N5OS. The highest BCUT2D eigenvalue weighted by molar-refractivity contribution is 7.99. The second kappa shape index (κ2) is 6.77. The first-order valence-electron chi connectivity index (χ1n) is 6.18. The minimum Gasteiger partial charge on any atom is -0.370 e. The Morgan fingerprint density at radius 3 is 2.55 bits per heavy atom. The van der Waals surface area contributed by atoms with Crippen LogP contribution in [0, 0.1) is 0 Å². The summed E-state index contributed by atoms with van der Waals surface area (Å²) in [5, 5.41) is 7.68. The Morgan fingerprint density at radius 1 is 1.27 bits per heavy atom. The molecule has 0 aliphatic heterocycles. The quantitative estimate of drug-likeness (QED) is 0.817. The number of carbonyl (C=O) groups is 1. The van der Waals surface area contributed by atoms with Gasteiger partial charge >= 0.3 is 6.18 Å². The summed E-state index contributed by atoms with van der Waals surface area (Å²) in [5.74, 6) is -0.188. The number of hydrogen-bond acceptors (Lipinski definition) is 5. The molecule has 2 heterocycles. The number of hydrogen-bond donors (Lipinski definition) is 1. The molecule has 0 radical (unpaired) electrons. The molecule has 0 spiro atoms. The van der Waals surface area contributed by atoms with E-state index in [1.165, 1.54) is 12.4 Å². The molecule has 10 heteroatoms. The van der Waals surface area contributed by atoms with Crippen LogP contribution in [0.25, 0.3) is 11.4 Å². The summed E-state index contributed by atoms with van der Waals surface area (Å²) in [7, 11) is 0. The maximum atomic E-state index is 12.8. The molecule has 2 aromatic rings. The molecule has 0 unspecified atom stereocenters. The van der Waals surface area contributed by atoms with E-state index in [0.717, 1.165) is 16.3 Å². The number of primary amides is 1. The molecule has 0 fully saturated rings. The van der Waals surface area contributed by atoms with E-state index in [9.17, 15) is 18.0 Å². The van der Waals surface area contributed by atoms with E-state index < -0.39 is 18.6 Å². The molecule has 0 aliphatic carbocycles. The van der Waals surface area contributed by atoms with Crippen molar-refractivity contribution in [2.24, 2.45) is 5.73 Å². The normalized spacial score (nSPS) is 11.6. The number of amides is 1. The van der Waals surface area contributed by atoms with Crippen molar-refractivity contribution in [2.45, 2.75) is 24.3 Å². The summed E-state index contributed by atoms with van der Waals surface area (Å²) in [5.41, 5.74) is 5.49. The van der Waals surface area contributed by atoms with Crippen LogP contribution < -0.4 is 5.73 Å². The molecule has 118 valence electrons. The predicted molar refractivity (Wildman–Crippen MR) is 73.8 cm³/mol. The maximum Gasteiger partial charge on any atom is 0.406 e. The second-order valence-electron chi connectivity index (χ2n) is 4.31. The highest BCUT2D eigenvalue weighted by atomic mass is 32.2. The summed E-state index contributed by atoms with van der Waals surface area (Å²) in [6.45, 7) is -1.21. The molecule has 0 aromatic carbocycles. The number of pyridine rings is 1. The molecule has 0 atom stereocenters. The molecule has 2 rings (SSSR count). The van der Waals surface area contributed by atoms with Gasteiger partial charge in [-0.2, -0.15) is 13.2 Å². The van der Waals surface area contributed by atoms with Gasteiger partial charge in [0.25, 0.3) is 0 Å². The first-order chi connectivity index (χ1) is 10.4. The van der Waals surface area contributed by atoms with Gasteiger partial charge < -0.3 is 5.73 Å². The molecule has 2 aromatic heterocycles. The molecule has 0 bridgehead atoms. The van der Waals surface area contributed by atoms with E-state index in [4.69, 9.17) is 5.73 Å². The summed E-state index contributed by atoms with van der Waals surface area (Å²) in [6.07, 6.45) is -1.44. The molecule has 6 nitrogen and oxygen atoms in total. The van der Waals surface area contributed by atoms with Crippen molar-refractivity contribution in [3.8, 4) is 11.4 Å². The number of aromatic nitrogens is 4. The van der Waals surface area contributed by atoms with Gasteiger partial charge in [-0.25, -0.2) is 0 Å². The zero-order valence-corrected chi connectivity index (χ0v) is 12.1. The van der Waals surface area contributed by atoms with Crippen molar-refractivity contribution < 1.29 is 18.0 Å². The number of nitrogens with zero attached hydrogens (tertiary/aromatic N) is 4. The Bertz CT molecular complexity index is 644. The smallest absolute Gasteiger partial charge is 0.370 e. The number of thioether (sulfide) groups is 1. The van der Waals surface area contributed by atoms with Gasteiger partial charge in [-0.3, -0.25) is 14.3 Å². The first-order valence-corrected chi connectivity index (χ1v) is 7.17. The van der Waals surface area contributed by atoms with Crippen LogP contribution >= 0.6 is 11.8 Å². The molecule has 2 N–H and O–H groups in total. The van der Waals surface area contributed by atoms with Crippen LogP contribution in [0.3, 0.4) is 0 Å². The number of nitrogens with two attached hydrogens (primary N) is 1. The molecule has 22 heavy (non-hydrogen) atoms. The van der Waals surface area contributed by atoms with Crippen LogP contribution in [0.1, 0.15) is 6.42 Å². The van der Waals surface area contributed by atoms with Crippen molar-refractivity contribution in [1.29, 1.82) is 0 Å². The first kappa shape index (κ1) is 16.3. The third-order valence-electron chi connectivity index (χ3n) is 2.57. The highest BCUT2D eigenvalue weighted by Gasteiger charge is 2.31. The van der Waals surface area contributed by atoms with Crippen LogP contribution in [-0.4, -0.2) is 37.6 Å². The van der Waals surface area contributed by atoms with Gasteiger partial charge in [0.2, 0.25) is 5.91 Å². The van der Waals surface area contributed by atoms with Crippen molar-refractivity contribution >= 4 is 17.7 Å². The van der Waals surface area contributed by atoms with Crippen LogP contribution in [0.15, 0.2) is 29.7 Å². The minimum atomic E-state index is -4.41. The minimum absolute atomic E-state index is 0.0497. The van der Waals surface area contributed by atoms with E-state index in [2.05, 4.69) is 15.2 Å². The lowest BCUT2D eigenvalue weighted by Crippen LogP contribution is -2.19. The summed E-state index contributed by atoms with van der Waals surface area (Å²) < 4.78 is 39.3. The Kier molecular flexibility index (Phi) is 5.01. The van der Waals surface area contributed by atoms with Crippen LogP contribution in [0.2, 0.25) is 0 Å². The fraction of sp³-hybridized carbons (Fsp3) is 0.333. The summed E-state index contributed by atoms with van der Waals surface area (Å²) in [4.78, 5) is 14.5. The second-order valence-corrected chi connectivity index (χ2v) is 5.37. The number of alkyl halides is 3. The van der Waals surface area contributed by atoms with Crippen LogP contribution in [-0.2, 0) is 11.3 Å².